The molecule has 0 spiro atoms. The first-order chi connectivity index (χ1) is 19.5. The Morgan fingerprint density at radius 1 is 1.17 bits per heavy atom. The molecule has 9 nitrogen and oxygen atoms in total. The summed E-state index contributed by atoms with van der Waals surface area (Å²) in [5, 5.41) is 10.5. The summed E-state index contributed by atoms with van der Waals surface area (Å²) in [6, 6.07) is 5.64. The van der Waals surface area contributed by atoms with Crippen LogP contribution in [0.2, 0.25) is 5.02 Å². The van der Waals surface area contributed by atoms with Crippen LogP contribution in [0.1, 0.15) is 66.2 Å². The second kappa shape index (κ2) is 14.1. The Kier molecular flexibility index (Phi) is 10.8. The van der Waals surface area contributed by atoms with Crippen LogP contribution in [0.15, 0.2) is 40.5 Å². The number of aromatic nitrogens is 2. The van der Waals surface area contributed by atoms with E-state index < -0.39 is 5.60 Å². The van der Waals surface area contributed by atoms with Crippen molar-refractivity contribution in [1.82, 2.24) is 20.6 Å². The fraction of sp³-hybridized carbons (Fsp3) is 0.600. The molecule has 0 radical (unpaired) electrons. The summed E-state index contributed by atoms with van der Waals surface area (Å²) < 4.78 is 5.37. The van der Waals surface area contributed by atoms with E-state index in [0.29, 0.717) is 29.6 Å². The first-order valence-corrected chi connectivity index (χ1v) is 15.7. The minimum atomic E-state index is -0.506. The molecule has 0 bridgehead atoms. The van der Waals surface area contributed by atoms with E-state index in [0.717, 1.165) is 74.0 Å². The summed E-state index contributed by atoms with van der Waals surface area (Å²) >= 11 is 8.10. The highest BCUT2D eigenvalue weighted by molar-refractivity contribution is 7.99. The lowest BCUT2D eigenvalue weighted by atomic mass is 9.80. The zero-order valence-electron chi connectivity index (χ0n) is 24.6. The minimum Gasteiger partial charge on any atom is -0.444 e. The number of piperidine rings is 2. The van der Waals surface area contributed by atoms with Crippen LogP contribution in [0, 0.1) is 11.3 Å². The number of benzene rings is 1. The summed E-state index contributed by atoms with van der Waals surface area (Å²) in [5.41, 5.74) is 0.114. The lowest BCUT2D eigenvalue weighted by Gasteiger charge is -2.40. The van der Waals surface area contributed by atoms with Crippen LogP contribution >= 0.6 is 23.4 Å². The van der Waals surface area contributed by atoms with E-state index in [1.54, 1.807) is 12.4 Å². The molecule has 0 unspecified atom stereocenters. The van der Waals surface area contributed by atoms with Gasteiger partial charge in [0.1, 0.15) is 16.4 Å². The first-order valence-electron chi connectivity index (χ1n) is 14.5. The third-order valence-electron chi connectivity index (χ3n) is 7.66. The summed E-state index contributed by atoms with van der Waals surface area (Å²) in [4.78, 5) is 37.0. The number of ether oxygens (including phenoxy) is 1. The molecule has 2 aliphatic heterocycles. The van der Waals surface area contributed by atoms with Crippen molar-refractivity contribution in [2.45, 2.75) is 81.7 Å². The van der Waals surface area contributed by atoms with Gasteiger partial charge in [0.2, 0.25) is 5.91 Å². The van der Waals surface area contributed by atoms with Crippen molar-refractivity contribution in [1.29, 1.82) is 0 Å². The molecule has 2 aliphatic rings. The van der Waals surface area contributed by atoms with Crippen molar-refractivity contribution < 1.29 is 14.3 Å². The molecule has 2 aromatic rings. The zero-order valence-corrected chi connectivity index (χ0v) is 26.2. The number of nitrogens with one attached hydrogen (secondary N) is 3. The second-order valence-electron chi connectivity index (χ2n) is 12.4. The van der Waals surface area contributed by atoms with Gasteiger partial charge in [0.05, 0.1) is 23.1 Å². The van der Waals surface area contributed by atoms with Crippen molar-refractivity contribution in [3.8, 4) is 0 Å². The van der Waals surface area contributed by atoms with Crippen molar-refractivity contribution in [2.24, 2.45) is 11.3 Å². The molecule has 4 rings (SSSR count). The van der Waals surface area contributed by atoms with E-state index in [-0.39, 0.29) is 17.4 Å². The average molecular weight is 603 g/mol. The van der Waals surface area contributed by atoms with E-state index >= 15 is 0 Å². The van der Waals surface area contributed by atoms with E-state index in [4.69, 9.17) is 16.3 Å². The summed E-state index contributed by atoms with van der Waals surface area (Å²) in [7, 11) is 0. The van der Waals surface area contributed by atoms with Gasteiger partial charge in [0, 0.05) is 31.0 Å². The number of halogens is 1. The number of carbonyl (C=O) groups is 2. The Labute approximate surface area is 252 Å². The molecule has 224 valence electrons. The van der Waals surface area contributed by atoms with E-state index in [1.807, 2.05) is 39.0 Å². The molecule has 1 aromatic heterocycles. The second-order valence-corrected chi connectivity index (χ2v) is 13.8. The Hall–Kier alpha value is -2.56. The molecule has 1 aromatic carbocycles. The molecular weight excluding hydrogens is 560 g/mol. The summed E-state index contributed by atoms with van der Waals surface area (Å²) in [6.07, 6.45) is 8.69. The van der Waals surface area contributed by atoms with Gasteiger partial charge in [0.25, 0.3) is 0 Å². The Bertz CT molecular complexity index is 1180. The molecule has 3 heterocycles. The number of nitrogens with zero attached hydrogens (tertiary/aromatic N) is 3. The van der Waals surface area contributed by atoms with Crippen molar-refractivity contribution in [3.05, 3.63) is 35.6 Å². The molecule has 2 fully saturated rings. The van der Waals surface area contributed by atoms with Crippen LogP contribution in [-0.2, 0) is 9.53 Å². The predicted molar refractivity (Wildman–Crippen MR) is 165 cm³/mol. The molecule has 41 heavy (non-hydrogen) atoms. The van der Waals surface area contributed by atoms with Crippen molar-refractivity contribution >= 4 is 46.9 Å². The third-order valence-corrected chi connectivity index (χ3v) is 9.16. The number of hydrogen-bond donors (Lipinski definition) is 3. The van der Waals surface area contributed by atoms with Crippen LogP contribution in [0.3, 0.4) is 0 Å². The fourth-order valence-corrected chi connectivity index (χ4v) is 6.17. The van der Waals surface area contributed by atoms with Crippen LogP contribution in [-0.4, -0.2) is 60.3 Å². The highest BCUT2D eigenvalue weighted by Crippen LogP contribution is 2.37. The van der Waals surface area contributed by atoms with Crippen LogP contribution < -0.4 is 20.9 Å². The number of carbonyl (C=O) groups excluding carboxylic acids is 2. The molecule has 2 amide bonds. The first kappa shape index (κ1) is 31.4. The molecule has 0 aliphatic carbocycles. The fourth-order valence-electron chi connectivity index (χ4n) is 5.09. The van der Waals surface area contributed by atoms with E-state index in [1.165, 1.54) is 11.8 Å². The monoisotopic (exact) mass is 602 g/mol. The molecule has 0 saturated carbocycles. The number of amides is 2. The van der Waals surface area contributed by atoms with Gasteiger partial charge in [-0.15, -0.1) is 0 Å². The van der Waals surface area contributed by atoms with Gasteiger partial charge in [-0.25, -0.2) is 14.8 Å². The maximum atomic E-state index is 12.6. The minimum absolute atomic E-state index is 0.00115. The van der Waals surface area contributed by atoms with Gasteiger partial charge >= 0.3 is 6.09 Å². The Morgan fingerprint density at radius 2 is 1.90 bits per heavy atom. The van der Waals surface area contributed by atoms with Gasteiger partial charge < -0.3 is 25.6 Å². The number of anilines is 2. The van der Waals surface area contributed by atoms with Gasteiger partial charge in [-0.3, -0.25) is 4.79 Å². The van der Waals surface area contributed by atoms with Crippen molar-refractivity contribution in [3.63, 3.8) is 0 Å². The highest BCUT2D eigenvalue weighted by Gasteiger charge is 2.31. The van der Waals surface area contributed by atoms with Gasteiger partial charge in [-0.05, 0) is 89.4 Å². The highest BCUT2D eigenvalue weighted by atomic mass is 35.5. The maximum Gasteiger partial charge on any atom is 0.407 e. The van der Waals surface area contributed by atoms with Gasteiger partial charge in [-0.2, -0.15) is 0 Å². The molecular formula is C30H43ClN6O3S. The molecule has 0 atom stereocenters. The summed E-state index contributed by atoms with van der Waals surface area (Å²) in [5.74, 6) is 1.43. The zero-order chi connectivity index (χ0) is 29.5. The van der Waals surface area contributed by atoms with Crippen molar-refractivity contribution in [2.75, 3.05) is 42.9 Å². The summed E-state index contributed by atoms with van der Waals surface area (Å²) in [6.45, 7) is 12.1. The SMILES string of the molecule is CC1(CNC(=O)OC(C)(C)C)CCN(c2cnc(Sc3cccc(NC(=O)CCC4CCNCC4)c3Cl)cn2)CC1. The average Bonchev–Trinajstić information content (AvgIpc) is 2.94. The van der Waals surface area contributed by atoms with Crippen LogP contribution in [0.5, 0.6) is 0 Å². The predicted octanol–water partition coefficient (Wildman–Crippen LogP) is 6.13. The van der Waals surface area contributed by atoms with E-state index in [2.05, 4.69) is 37.7 Å². The molecule has 11 heteroatoms. The van der Waals surface area contributed by atoms with Gasteiger partial charge in [-0.1, -0.05) is 36.4 Å². The standard InChI is InChI=1S/C30H43ClN6O3S/c1-29(2,3)40-28(39)35-20-30(4)12-16-37(17-13-30)24-18-34-26(19-33-24)41-23-7-5-6-22(27(23)31)36-25(38)9-8-21-10-14-32-15-11-21/h5-7,18-19,21,32H,8-17,20H2,1-4H3,(H,35,39)(H,36,38). The molecule has 3 N–H and O–H groups in total. The van der Waals surface area contributed by atoms with E-state index in [9.17, 15) is 9.59 Å². The number of rotatable bonds is 9. The lowest BCUT2D eigenvalue weighted by molar-refractivity contribution is -0.116. The largest absolute Gasteiger partial charge is 0.444 e. The number of hydrogen-bond acceptors (Lipinski definition) is 8. The Morgan fingerprint density at radius 3 is 2.56 bits per heavy atom. The van der Waals surface area contributed by atoms with Gasteiger partial charge in [0.15, 0.2) is 0 Å². The topological polar surface area (TPSA) is 108 Å². The number of alkyl carbamates (subject to hydrolysis) is 1. The molecule has 2 saturated heterocycles. The Balaban J connectivity index is 1.26. The normalized spacial score (nSPS) is 17.6. The smallest absolute Gasteiger partial charge is 0.407 e. The maximum absolute atomic E-state index is 12.6. The van der Waals surface area contributed by atoms with Crippen LogP contribution in [0.4, 0.5) is 16.3 Å². The quantitative estimate of drug-likeness (QED) is 0.314. The van der Waals surface area contributed by atoms with Crippen LogP contribution in [0.25, 0.3) is 0 Å². The third kappa shape index (κ3) is 9.75. The lowest BCUT2D eigenvalue weighted by Crippen LogP contribution is -2.45.